The number of carbonyl (C=O) groups is 2. The standard InChI is InChI=1S/C28H29ClN4O4/c1-19(2)15-27(35)32(16-24-5-4-14-37-24)18-26(34)31-28-30-25(20-6-8-21(29)9-7-20)17-33(28)22-10-12-23(36-3)13-11-22/h4-14,17,19H,15-16,18H2,1-3H3,(H,30,31,34). The number of imidazole rings is 1. The van der Waals surface area contributed by atoms with E-state index in [1.54, 1.807) is 42.2 Å². The summed E-state index contributed by atoms with van der Waals surface area (Å²) in [6, 6.07) is 18.2. The third-order valence-corrected chi connectivity index (χ3v) is 5.90. The lowest BCUT2D eigenvalue weighted by Crippen LogP contribution is -2.38. The second kappa shape index (κ2) is 11.8. The fourth-order valence-electron chi connectivity index (χ4n) is 3.81. The Labute approximate surface area is 220 Å². The van der Waals surface area contributed by atoms with Gasteiger partial charge in [0.15, 0.2) is 0 Å². The number of halogens is 1. The van der Waals surface area contributed by atoms with Gasteiger partial charge in [-0.1, -0.05) is 37.6 Å². The quantitative estimate of drug-likeness (QED) is 0.285. The smallest absolute Gasteiger partial charge is 0.246 e. The van der Waals surface area contributed by atoms with Crippen LogP contribution in [0.5, 0.6) is 5.75 Å². The van der Waals surface area contributed by atoms with Crippen LogP contribution in [0, 0.1) is 5.92 Å². The second-order valence-corrected chi connectivity index (χ2v) is 9.44. The largest absolute Gasteiger partial charge is 0.497 e. The van der Waals surface area contributed by atoms with Gasteiger partial charge in [-0.05, 0) is 54.4 Å². The number of ether oxygens (including phenoxy) is 1. The van der Waals surface area contributed by atoms with Gasteiger partial charge in [0.2, 0.25) is 17.8 Å². The van der Waals surface area contributed by atoms with Gasteiger partial charge in [-0.15, -0.1) is 0 Å². The van der Waals surface area contributed by atoms with Crippen molar-refractivity contribution >= 4 is 29.4 Å². The first-order valence-corrected chi connectivity index (χ1v) is 12.3. The average molecular weight is 521 g/mol. The molecule has 4 aromatic rings. The number of anilines is 1. The molecule has 0 aliphatic rings. The number of hydrogen-bond acceptors (Lipinski definition) is 5. The van der Waals surface area contributed by atoms with Gasteiger partial charge < -0.3 is 14.1 Å². The SMILES string of the molecule is COc1ccc(-n2cc(-c3ccc(Cl)cc3)nc2NC(=O)CN(Cc2ccco2)C(=O)CC(C)C)cc1. The first-order chi connectivity index (χ1) is 17.8. The average Bonchev–Trinajstić information content (AvgIpc) is 3.54. The number of hydrogen-bond donors (Lipinski definition) is 1. The number of aromatic nitrogens is 2. The Balaban J connectivity index is 1.61. The molecule has 192 valence electrons. The minimum Gasteiger partial charge on any atom is -0.497 e. The molecule has 37 heavy (non-hydrogen) atoms. The van der Waals surface area contributed by atoms with E-state index in [0.29, 0.717) is 34.6 Å². The molecule has 2 heterocycles. The number of amides is 2. The Morgan fingerprint density at radius 1 is 1.11 bits per heavy atom. The van der Waals surface area contributed by atoms with Crippen LogP contribution in [0.25, 0.3) is 16.9 Å². The van der Waals surface area contributed by atoms with Crippen LogP contribution in [-0.4, -0.2) is 39.9 Å². The zero-order valence-electron chi connectivity index (χ0n) is 21.0. The van der Waals surface area contributed by atoms with Crippen LogP contribution in [0.1, 0.15) is 26.0 Å². The number of nitrogens with zero attached hydrogens (tertiary/aromatic N) is 3. The van der Waals surface area contributed by atoms with Crippen LogP contribution in [0.15, 0.2) is 77.5 Å². The van der Waals surface area contributed by atoms with E-state index >= 15 is 0 Å². The van der Waals surface area contributed by atoms with E-state index in [2.05, 4.69) is 10.3 Å². The van der Waals surface area contributed by atoms with E-state index < -0.39 is 0 Å². The van der Waals surface area contributed by atoms with E-state index in [1.807, 2.05) is 56.4 Å². The van der Waals surface area contributed by atoms with Gasteiger partial charge in [-0.3, -0.25) is 19.5 Å². The van der Waals surface area contributed by atoms with E-state index in [1.165, 1.54) is 4.90 Å². The predicted octanol–water partition coefficient (Wildman–Crippen LogP) is 5.81. The molecule has 0 radical (unpaired) electrons. The lowest BCUT2D eigenvalue weighted by Gasteiger charge is -2.22. The molecular weight excluding hydrogens is 492 g/mol. The van der Waals surface area contributed by atoms with Crippen LogP contribution in [-0.2, 0) is 16.1 Å². The zero-order chi connectivity index (χ0) is 26.4. The van der Waals surface area contributed by atoms with Crippen molar-refractivity contribution in [3.63, 3.8) is 0 Å². The molecule has 0 bridgehead atoms. The van der Waals surface area contributed by atoms with Gasteiger partial charge in [0.1, 0.15) is 18.1 Å². The van der Waals surface area contributed by atoms with Gasteiger partial charge in [-0.2, -0.15) is 0 Å². The molecule has 2 aromatic heterocycles. The van der Waals surface area contributed by atoms with Gasteiger partial charge in [0.05, 0.1) is 25.6 Å². The number of rotatable bonds is 10. The third-order valence-electron chi connectivity index (χ3n) is 5.64. The number of carbonyl (C=O) groups excluding carboxylic acids is 2. The molecule has 0 saturated carbocycles. The molecule has 0 aliphatic heterocycles. The van der Waals surface area contributed by atoms with Crippen molar-refractivity contribution in [1.29, 1.82) is 0 Å². The number of benzene rings is 2. The van der Waals surface area contributed by atoms with Crippen molar-refractivity contribution in [3.8, 4) is 22.7 Å². The molecule has 0 fully saturated rings. The van der Waals surface area contributed by atoms with Crippen molar-refractivity contribution in [2.45, 2.75) is 26.8 Å². The first-order valence-electron chi connectivity index (χ1n) is 11.9. The highest BCUT2D eigenvalue weighted by Crippen LogP contribution is 2.26. The molecule has 2 amide bonds. The minimum atomic E-state index is -0.369. The maximum absolute atomic E-state index is 13.2. The Morgan fingerprint density at radius 3 is 2.46 bits per heavy atom. The number of methoxy groups -OCH3 is 1. The molecule has 4 rings (SSSR count). The Hall–Kier alpha value is -4.04. The molecule has 0 unspecified atom stereocenters. The highest BCUT2D eigenvalue weighted by molar-refractivity contribution is 6.30. The topological polar surface area (TPSA) is 89.6 Å². The third kappa shape index (κ3) is 6.80. The monoisotopic (exact) mass is 520 g/mol. The van der Waals surface area contributed by atoms with Gasteiger partial charge in [0.25, 0.3) is 0 Å². The molecule has 0 aliphatic carbocycles. The molecule has 8 nitrogen and oxygen atoms in total. The summed E-state index contributed by atoms with van der Waals surface area (Å²) in [5, 5.41) is 3.51. The van der Waals surface area contributed by atoms with E-state index in [9.17, 15) is 9.59 Å². The van der Waals surface area contributed by atoms with Crippen molar-refractivity contribution in [3.05, 3.63) is 83.9 Å². The van der Waals surface area contributed by atoms with Gasteiger partial charge >= 0.3 is 0 Å². The summed E-state index contributed by atoms with van der Waals surface area (Å²) in [5.41, 5.74) is 2.29. The molecule has 2 aromatic carbocycles. The fraction of sp³-hybridized carbons (Fsp3) is 0.250. The molecule has 0 saturated heterocycles. The Morgan fingerprint density at radius 2 is 1.84 bits per heavy atom. The number of nitrogens with one attached hydrogen (secondary N) is 1. The predicted molar refractivity (Wildman–Crippen MR) is 143 cm³/mol. The Bertz CT molecular complexity index is 1330. The second-order valence-electron chi connectivity index (χ2n) is 9.00. The summed E-state index contributed by atoms with van der Waals surface area (Å²) in [6.07, 6.45) is 3.71. The summed E-state index contributed by atoms with van der Waals surface area (Å²) in [4.78, 5) is 32.3. The summed E-state index contributed by atoms with van der Waals surface area (Å²) in [7, 11) is 1.60. The lowest BCUT2D eigenvalue weighted by molar-refractivity contribution is -0.136. The van der Waals surface area contributed by atoms with E-state index in [-0.39, 0.29) is 30.8 Å². The zero-order valence-corrected chi connectivity index (χ0v) is 21.7. The summed E-state index contributed by atoms with van der Waals surface area (Å²) >= 11 is 6.05. The van der Waals surface area contributed by atoms with Crippen LogP contribution in [0.2, 0.25) is 5.02 Å². The molecule has 9 heteroatoms. The molecule has 1 N–H and O–H groups in total. The van der Waals surface area contributed by atoms with E-state index in [0.717, 1.165) is 11.3 Å². The van der Waals surface area contributed by atoms with Gasteiger partial charge in [0, 0.05) is 28.9 Å². The molecule has 0 atom stereocenters. The molecule has 0 spiro atoms. The van der Waals surface area contributed by atoms with E-state index in [4.69, 9.17) is 20.8 Å². The van der Waals surface area contributed by atoms with Crippen molar-refractivity contribution in [2.24, 2.45) is 5.92 Å². The highest BCUT2D eigenvalue weighted by atomic mass is 35.5. The lowest BCUT2D eigenvalue weighted by atomic mass is 10.1. The van der Waals surface area contributed by atoms with Crippen LogP contribution >= 0.6 is 11.6 Å². The maximum atomic E-state index is 13.2. The van der Waals surface area contributed by atoms with Crippen LogP contribution in [0.3, 0.4) is 0 Å². The van der Waals surface area contributed by atoms with Crippen LogP contribution < -0.4 is 10.1 Å². The van der Waals surface area contributed by atoms with Crippen molar-refractivity contribution in [1.82, 2.24) is 14.5 Å². The summed E-state index contributed by atoms with van der Waals surface area (Å²) in [6.45, 7) is 3.99. The fourth-order valence-corrected chi connectivity index (χ4v) is 3.93. The number of furan rings is 1. The molecular formula is C28H29ClN4O4. The van der Waals surface area contributed by atoms with Crippen molar-refractivity contribution < 1.29 is 18.7 Å². The minimum absolute atomic E-state index is 0.123. The Kier molecular flexibility index (Phi) is 8.30. The summed E-state index contributed by atoms with van der Waals surface area (Å²) in [5.74, 6) is 1.31. The normalized spacial score (nSPS) is 10.9. The maximum Gasteiger partial charge on any atom is 0.246 e. The van der Waals surface area contributed by atoms with Crippen molar-refractivity contribution in [2.75, 3.05) is 19.0 Å². The van der Waals surface area contributed by atoms with Crippen LogP contribution in [0.4, 0.5) is 5.95 Å². The first kappa shape index (κ1) is 26.0. The highest BCUT2D eigenvalue weighted by Gasteiger charge is 2.21. The summed E-state index contributed by atoms with van der Waals surface area (Å²) < 4.78 is 12.5. The van der Waals surface area contributed by atoms with Gasteiger partial charge in [-0.25, -0.2) is 4.98 Å².